The van der Waals surface area contributed by atoms with Gasteiger partial charge in [0.05, 0.1) is 16.8 Å². The Morgan fingerprint density at radius 1 is 1.02 bits per heavy atom. The van der Waals surface area contributed by atoms with Gasteiger partial charge in [-0.05, 0) is 96.2 Å². The lowest BCUT2D eigenvalue weighted by molar-refractivity contribution is -0.137. The number of hydrogen-bond donors (Lipinski definition) is 3. The molecule has 3 unspecified atom stereocenters. The van der Waals surface area contributed by atoms with Crippen LogP contribution in [0.1, 0.15) is 104 Å². The van der Waals surface area contributed by atoms with Crippen LogP contribution in [0.25, 0.3) is 22.2 Å². The molecule has 0 saturated carbocycles. The second-order valence-corrected chi connectivity index (χ2v) is 13.9. The third-order valence-corrected chi connectivity index (χ3v) is 9.91. The Morgan fingerprint density at radius 2 is 1.66 bits per heavy atom. The van der Waals surface area contributed by atoms with E-state index in [1.165, 1.54) is 24.8 Å². The molecule has 1 amide bonds. The number of aliphatic hydroxyl groups excluding tert-OH is 1. The maximum absolute atomic E-state index is 14.2. The number of carbonyl (C=O) groups excluding carboxylic acids is 1. The van der Waals surface area contributed by atoms with Crippen molar-refractivity contribution in [2.75, 3.05) is 13.4 Å². The zero-order valence-electron chi connectivity index (χ0n) is 32.6. The summed E-state index contributed by atoms with van der Waals surface area (Å²) in [6, 6.07) is 17.0. The summed E-state index contributed by atoms with van der Waals surface area (Å²) in [7, 11) is 0. The molecule has 298 valence electrons. The Kier molecular flexibility index (Phi) is 14.2. The molecule has 5 aromatic rings. The highest BCUT2D eigenvalue weighted by Crippen LogP contribution is 2.58. The van der Waals surface area contributed by atoms with E-state index in [1.54, 1.807) is 18.2 Å². The van der Waals surface area contributed by atoms with Crippen molar-refractivity contribution in [2.24, 2.45) is 11.5 Å². The maximum Gasteiger partial charge on any atom is 0.417 e. The number of ether oxygens (including phenoxy) is 2. The summed E-state index contributed by atoms with van der Waals surface area (Å²) < 4.78 is 66.7. The zero-order chi connectivity index (χ0) is 41.4. The van der Waals surface area contributed by atoms with Crippen molar-refractivity contribution in [2.45, 2.75) is 84.2 Å². The van der Waals surface area contributed by atoms with Gasteiger partial charge < -0.3 is 26.0 Å². The Hall–Kier alpha value is -5.49. The number of aryl methyl sites for hydroxylation is 1. The monoisotopic (exact) mass is 774 g/mol. The molecule has 0 spiro atoms. The van der Waals surface area contributed by atoms with E-state index in [0.717, 1.165) is 69.0 Å². The predicted octanol–water partition coefficient (Wildman–Crippen LogP) is 9.60. The Bertz CT molecular complexity index is 2150. The zero-order valence-corrected chi connectivity index (χ0v) is 32.6. The van der Waals surface area contributed by atoms with Crippen LogP contribution >= 0.6 is 0 Å². The van der Waals surface area contributed by atoms with Gasteiger partial charge in [0.2, 0.25) is 13.2 Å². The van der Waals surface area contributed by atoms with Gasteiger partial charge in [0.1, 0.15) is 5.82 Å². The number of primary amides is 1. The average molecular weight is 775 g/mol. The van der Waals surface area contributed by atoms with E-state index in [2.05, 4.69) is 50.7 Å². The Morgan fingerprint density at radius 3 is 2.25 bits per heavy atom. The topological polar surface area (TPSA) is 134 Å². The lowest BCUT2D eigenvalue weighted by atomic mass is 9.74. The van der Waals surface area contributed by atoms with E-state index in [0.29, 0.717) is 28.8 Å². The van der Waals surface area contributed by atoms with Gasteiger partial charge in [0.15, 0.2) is 11.5 Å². The molecule has 1 aliphatic carbocycles. The van der Waals surface area contributed by atoms with Gasteiger partial charge >= 0.3 is 6.18 Å². The fourth-order valence-electron chi connectivity index (χ4n) is 7.33. The first kappa shape index (κ1) is 43.2. The SMILES string of the molecule is C=CN.CCC.CCC1(C)c2c(C(C)CO)cc(C(Cc3cc(C)c4ncc(C(F)(F)F)cc4c3)c3ccc(F)cc3)nc2-c2ccc3c(c21)OCO3.NC=O. The lowest BCUT2D eigenvalue weighted by Crippen LogP contribution is -2.24. The van der Waals surface area contributed by atoms with Crippen LogP contribution in [0, 0.1) is 12.7 Å². The number of carbonyl (C=O) groups is 1. The smallest absolute Gasteiger partial charge is 0.417 e. The van der Waals surface area contributed by atoms with Crippen LogP contribution in [0.3, 0.4) is 0 Å². The number of nitrogens with two attached hydrogens (primary N) is 2. The molecule has 1 aliphatic heterocycles. The maximum atomic E-state index is 14.2. The number of nitrogens with zero attached hydrogens (tertiary/aromatic N) is 2. The van der Waals surface area contributed by atoms with E-state index >= 15 is 0 Å². The summed E-state index contributed by atoms with van der Waals surface area (Å²) in [5.41, 5.74) is 15.8. The second kappa shape index (κ2) is 18.4. The largest absolute Gasteiger partial charge is 0.454 e. The van der Waals surface area contributed by atoms with Crippen LogP contribution < -0.4 is 20.9 Å². The molecule has 0 bridgehead atoms. The first-order valence-electron chi connectivity index (χ1n) is 18.5. The van der Waals surface area contributed by atoms with Crippen molar-refractivity contribution in [3.05, 3.63) is 130 Å². The standard InChI is InChI=1S/C38H34F4N2O3.C3H8.C2H5N.CH3NO/c1-5-37(4)32-28(21(3)18-45)16-30(44-35(32)27-10-11-31-36(33(27)37)47-19-46-31)29(23-6-8-26(39)9-7-23)14-22-12-20(2)34-24(13-22)15-25(17-43-34)38(40,41)42;1-3-2;1-2-3;2-1-3/h6-13,15-17,21,29,45H,5,14,18-19H2,1-4H3;3H2,1-2H3;2H,1,3H2;1H,(H2,2,3). The van der Waals surface area contributed by atoms with E-state index in [9.17, 15) is 22.7 Å². The fraction of sp³-hybridized carbons (Fsp3) is 0.341. The summed E-state index contributed by atoms with van der Waals surface area (Å²) in [5.74, 6) is 0.418. The van der Waals surface area contributed by atoms with E-state index in [1.807, 2.05) is 38.1 Å². The highest BCUT2D eigenvalue weighted by Gasteiger charge is 2.46. The normalized spacial score (nSPS) is 15.8. The minimum atomic E-state index is -4.52. The van der Waals surface area contributed by atoms with Crippen molar-refractivity contribution in [1.82, 2.24) is 9.97 Å². The van der Waals surface area contributed by atoms with E-state index in [-0.39, 0.29) is 37.5 Å². The van der Waals surface area contributed by atoms with Crippen LogP contribution in [-0.2, 0) is 22.8 Å². The molecule has 3 aromatic carbocycles. The summed E-state index contributed by atoms with van der Waals surface area (Å²) in [5, 5.41) is 10.9. The van der Waals surface area contributed by atoms with Gasteiger partial charge in [-0.15, -0.1) is 0 Å². The van der Waals surface area contributed by atoms with Crippen molar-refractivity contribution in [3.63, 3.8) is 0 Å². The van der Waals surface area contributed by atoms with Gasteiger partial charge in [-0.1, -0.05) is 65.8 Å². The number of aliphatic hydroxyl groups is 1. The van der Waals surface area contributed by atoms with E-state index in [4.69, 9.17) is 19.3 Å². The first-order valence-corrected chi connectivity index (χ1v) is 18.5. The van der Waals surface area contributed by atoms with Crippen LogP contribution in [0.4, 0.5) is 17.6 Å². The van der Waals surface area contributed by atoms with E-state index < -0.39 is 17.2 Å². The highest BCUT2D eigenvalue weighted by atomic mass is 19.4. The molecular weight excluding hydrogens is 724 g/mol. The Balaban J connectivity index is 0.000000708. The number of benzene rings is 3. The molecule has 0 fully saturated rings. The molecule has 2 aromatic heterocycles. The van der Waals surface area contributed by atoms with Crippen molar-refractivity contribution < 1.29 is 36.9 Å². The number of halogens is 4. The van der Waals surface area contributed by atoms with Crippen molar-refractivity contribution >= 4 is 17.3 Å². The third-order valence-electron chi connectivity index (χ3n) is 9.91. The van der Waals surface area contributed by atoms with Crippen LogP contribution in [0.15, 0.2) is 79.6 Å². The summed E-state index contributed by atoms with van der Waals surface area (Å²) >= 11 is 0. The minimum Gasteiger partial charge on any atom is -0.454 e. The second-order valence-electron chi connectivity index (χ2n) is 13.9. The van der Waals surface area contributed by atoms with Crippen molar-refractivity contribution in [1.29, 1.82) is 0 Å². The molecule has 3 heterocycles. The summed E-state index contributed by atoms with van der Waals surface area (Å²) in [6.45, 7) is 15.6. The number of pyridine rings is 2. The van der Waals surface area contributed by atoms with Crippen LogP contribution in [0.5, 0.6) is 11.5 Å². The first-order chi connectivity index (χ1) is 26.7. The fourth-order valence-corrected chi connectivity index (χ4v) is 7.33. The Labute approximate surface area is 325 Å². The third kappa shape index (κ3) is 8.81. The number of hydrogen-bond acceptors (Lipinski definition) is 7. The molecule has 12 heteroatoms. The number of amides is 1. The number of fused-ring (bicyclic) bond motifs is 6. The molecule has 56 heavy (non-hydrogen) atoms. The number of rotatable bonds is 7. The van der Waals surface area contributed by atoms with Gasteiger partial charge in [0, 0.05) is 52.3 Å². The van der Waals surface area contributed by atoms with Gasteiger partial charge in [0.25, 0.3) is 0 Å². The minimum absolute atomic E-state index is 0.0800. The van der Waals surface area contributed by atoms with Gasteiger partial charge in [-0.25, -0.2) is 4.39 Å². The van der Waals surface area contributed by atoms with Crippen molar-refractivity contribution in [3.8, 4) is 22.8 Å². The molecule has 0 radical (unpaired) electrons. The molecule has 2 aliphatic rings. The highest BCUT2D eigenvalue weighted by molar-refractivity contribution is 5.85. The molecular formula is C44H50F4N4O4. The molecule has 5 N–H and O–H groups in total. The molecule has 8 nitrogen and oxygen atoms in total. The molecule has 3 atom stereocenters. The number of aromatic nitrogens is 2. The molecule has 7 rings (SSSR count). The predicted molar refractivity (Wildman–Crippen MR) is 212 cm³/mol. The average Bonchev–Trinajstić information content (AvgIpc) is 3.75. The van der Waals surface area contributed by atoms with Crippen LogP contribution in [-0.4, -0.2) is 34.9 Å². The summed E-state index contributed by atoms with van der Waals surface area (Å²) in [6.07, 6.45) is 0.237. The molecule has 0 saturated heterocycles. The van der Waals surface area contributed by atoms with Gasteiger partial charge in [-0.3, -0.25) is 14.8 Å². The van der Waals surface area contributed by atoms with Gasteiger partial charge in [-0.2, -0.15) is 13.2 Å². The summed E-state index contributed by atoms with van der Waals surface area (Å²) in [4.78, 5) is 18.0. The number of alkyl halides is 3. The lowest BCUT2D eigenvalue weighted by Gasteiger charge is -2.30. The quantitative estimate of drug-likeness (QED) is 0.111. The van der Waals surface area contributed by atoms with Crippen LogP contribution in [0.2, 0.25) is 0 Å².